The van der Waals surface area contributed by atoms with Gasteiger partial charge in [0.05, 0.1) is 27.5 Å². The molecule has 0 bridgehead atoms. The van der Waals surface area contributed by atoms with Crippen LogP contribution >= 0.6 is 0 Å². The molecule has 1 amide bonds. The summed E-state index contributed by atoms with van der Waals surface area (Å²) in [5.41, 5.74) is 1.54. The monoisotopic (exact) mass is 484 g/mol. The molecular formula is C26H32N2O5S. The number of carbonyl (C=O) groups is 2. The Morgan fingerprint density at radius 1 is 1.03 bits per heavy atom. The first-order chi connectivity index (χ1) is 15.9. The maximum absolute atomic E-state index is 13.3. The zero-order valence-electron chi connectivity index (χ0n) is 19.9. The van der Waals surface area contributed by atoms with Gasteiger partial charge < -0.3 is 15.3 Å². The maximum Gasteiger partial charge on any atom is 0.335 e. The van der Waals surface area contributed by atoms with E-state index in [1.807, 2.05) is 20.8 Å². The molecule has 1 aliphatic heterocycles. The number of piperidine rings is 1. The van der Waals surface area contributed by atoms with Gasteiger partial charge in [0.2, 0.25) is 0 Å². The van der Waals surface area contributed by atoms with Gasteiger partial charge in [-0.2, -0.15) is 0 Å². The van der Waals surface area contributed by atoms with E-state index in [4.69, 9.17) is 0 Å². The molecule has 7 nitrogen and oxygen atoms in total. The molecule has 182 valence electrons. The van der Waals surface area contributed by atoms with Crippen molar-refractivity contribution in [3.8, 4) is 0 Å². The summed E-state index contributed by atoms with van der Waals surface area (Å²) in [6, 6.07) is 10.8. The van der Waals surface area contributed by atoms with Crippen molar-refractivity contribution in [2.24, 2.45) is 10.8 Å². The molecule has 1 aliphatic carbocycles. The molecule has 0 radical (unpaired) electrons. The summed E-state index contributed by atoms with van der Waals surface area (Å²) >= 11 is 0. The van der Waals surface area contributed by atoms with Gasteiger partial charge in [0, 0.05) is 18.8 Å². The predicted octanol–water partition coefficient (Wildman–Crippen LogP) is 4.84. The van der Waals surface area contributed by atoms with E-state index in [2.05, 4.69) is 10.2 Å². The number of carbonyl (C=O) groups excluding carboxylic acids is 1. The van der Waals surface area contributed by atoms with Crippen LogP contribution in [0.4, 0.5) is 11.4 Å². The first-order valence-electron chi connectivity index (χ1n) is 11.6. The highest BCUT2D eigenvalue weighted by atomic mass is 32.2. The topological polar surface area (TPSA) is 104 Å². The number of rotatable bonds is 6. The number of amides is 1. The summed E-state index contributed by atoms with van der Waals surface area (Å²) in [7, 11) is -3.51. The Bertz CT molecular complexity index is 1220. The second-order valence-electron chi connectivity index (χ2n) is 10.8. The average Bonchev–Trinajstić information content (AvgIpc) is 3.51. The predicted molar refractivity (Wildman–Crippen MR) is 132 cm³/mol. The zero-order chi connectivity index (χ0) is 24.7. The highest BCUT2D eigenvalue weighted by Crippen LogP contribution is 2.54. The van der Waals surface area contributed by atoms with Gasteiger partial charge in [0.25, 0.3) is 5.91 Å². The molecule has 2 aliphatic rings. The van der Waals surface area contributed by atoms with Crippen LogP contribution in [0.25, 0.3) is 0 Å². The number of hydrogen-bond donors (Lipinski definition) is 2. The molecule has 34 heavy (non-hydrogen) atoms. The first-order valence-corrected chi connectivity index (χ1v) is 13.3. The minimum atomic E-state index is -3.51. The van der Waals surface area contributed by atoms with Gasteiger partial charge in [0.1, 0.15) is 0 Å². The lowest BCUT2D eigenvalue weighted by Gasteiger charge is -2.35. The number of nitrogens with zero attached hydrogens (tertiary/aromatic N) is 1. The van der Waals surface area contributed by atoms with Crippen molar-refractivity contribution in [2.75, 3.05) is 29.1 Å². The Morgan fingerprint density at radius 3 is 2.29 bits per heavy atom. The zero-order valence-corrected chi connectivity index (χ0v) is 20.7. The third-order valence-electron chi connectivity index (χ3n) is 6.69. The van der Waals surface area contributed by atoms with Crippen molar-refractivity contribution in [1.82, 2.24) is 0 Å². The Balaban J connectivity index is 1.59. The Labute approximate surface area is 201 Å². The van der Waals surface area contributed by atoms with Crippen molar-refractivity contribution in [3.63, 3.8) is 0 Å². The molecule has 1 spiro atoms. The van der Waals surface area contributed by atoms with E-state index in [-0.39, 0.29) is 16.2 Å². The quantitative estimate of drug-likeness (QED) is 0.608. The normalized spacial score (nSPS) is 17.4. The van der Waals surface area contributed by atoms with E-state index >= 15 is 0 Å². The number of carboxylic acid groups (broad SMARTS) is 1. The van der Waals surface area contributed by atoms with Gasteiger partial charge in [-0.15, -0.1) is 0 Å². The van der Waals surface area contributed by atoms with E-state index in [0.717, 1.165) is 25.9 Å². The molecule has 0 aromatic heterocycles. The van der Waals surface area contributed by atoms with Gasteiger partial charge in [-0.25, -0.2) is 13.2 Å². The number of nitrogens with one attached hydrogen (secondary N) is 1. The van der Waals surface area contributed by atoms with Crippen molar-refractivity contribution in [2.45, 2.75) is 51.3 Å². The van der Waals surface area contributed by atoms with Gasteiger partial charge >= 0.3 is 5.97 Å². The summed E-state index contributed by atoms with van der Waals surface area (Å²) < 4.78 is 25.6. The Morgan fingerprint density at radius 2 is 1.71 bits per heavy atom. The molecule has 2 fully saturated rings. The molecule has 0 atom stereocenters. The second kappa shape index (κ2) is 8.73. The highest BCUT2D eigenvalue weighted by Gasteiger charge is 2.44. The fourth-order valence-electron chi connectivity index (χ4n) is 4.64. The van der Waals surface area contributed by atoms with Crippen LogP contribution in [0.15, 0.2) is 47.4 Å². The average molecular weight is 485 g/mol. The SMILES string of the molecule is CC(C)(C)CS(=O)(=O)c1cccc(NC(=O)c2ccc(C(=O)O)cc2N2CCC3(CC2)CC3)c1. The minimum absolute atomic E-state index is 0.00531. The number of hydrogen-bond acceptors (Lipinski definition) is 5. The molecule has 4 rings (SSSR count). The number of carboxylic acids is 1. The molecule has 0 unspecified atom stereocenters. The summed E-state index contributed by atoms with van der Waals surface area (Å²) in [5, 5.41) is 12.3. The molecule has 2 aromatic rings. The van der Waals surface area contributed by atoms with Crippen molar-refractivity contribution in [3.05, 3.63) is 53.6 Å². The Hall–Kier alpha value is -2.87. The van der Waals surface area contributed by atoms with Gasteiger partial charge in [0.15, 0.2) is 9.84 Å². The molecule has 8 heteroatoms. The molecule has 2 aromatic carbocycles. The third-order valence-corrected chi connectivity index (χ3v) is 8.90. The van der Waals surface area contributed by atoms with Gasteiger partial charge in [-0.1, -0.05) is 26.8 Å². The molecule has 1 saturated carbocycles. The molecule has 1 saturated heterocycles. The van der Waals surface area contributed by atoms with E-state index in [0.29, 0.717) is 22.4 Å². The lowest BCUT2D eigenvalue weighted by molar-refractivity contribution is 0.0696. The van der Waals surface area contributed by atoms with Crippen LogP contribution in [0.3, 0.4) is 0 Å². The van der Waals surface area contributed by atoms with Crippen LogP contribution < -0.4 is 10.2 Å². The van der Waals surface area contributed by atoms with Crippen molar-refractivity contribution >= 4 is 33.1 Å². The Kier molecular flexibility index (Phi) is 6.23. The minimum Gasteiger partial charge on any atom is -0.478 e. The summed E-state index contributed by atoms with van der Waals surface area (Å²) in [4.78, 5) is 27.1. The number of anilines is 2. The summed E-state index contributed by atoms with van der Waals surface area (Å²) in [6.07, 6.45) is 4.58. The highest BCUT2D eigenvalue weighted by molar-refractivity contribution is 7.91. The van der Waals surface area contributed by atoms with Crippen molar-refractivity contribution < 1.29 is 23.1 Å². The third kappa shape index (κ3) is 5.43. The van der Waals surface area contributed by atoms with Crippen LogP contribution in [0.2, 0.25) is 0 Å². The second-order valence-corrected chi connectivity index (χ2v) is 12.8. The van der Waals surface area contributed by atoms with Crippen LogP contribution in [-0.2, 0) is 9.84 Å². The van der Waals surface area contributed by atoms with Crippen LogP contribution in [-0.4, -0.2) is 44.2 Å². The molecule has 1 heterocycles. The smallest absolute Gasteiger partial charge is 0.335 e. The van der Waals surface area contributed by atoms with Crippen molar-refractivity contribution in [1.29, 1.82) is 0 Å². The van der Waals surface area contributed by atoms with Crippen LogP contribution in [0.1, 0.15) is 67.2 Å². The van der Waals surface area contributed by atoms with E-state index < -0.39 is 27.1 Å². The maximum atomic E-state index is 13.3. The number of aromatic carboxylic acids is 1. The van der Waals surface area contributed by atoms with Crippen LogP contribution in [0.5, 0.6) is 0 Å². The standard InChI is InChI=1S/C26H32N2O5S/c1-25(2,3)17-34(32,33)20-6-4-5-19(16-20)27-23(29)21-8-7-18(24(30)31)15-22(21)28-13-11-26(9-10-26)12-14-28/h4-8,15-16H,9-14,17H2,1-3H3,(H,27,29)(H,30,31). The molecule has 2 N–H and O–H groups in total. The largest absolute Gasteiger partial charge is 0.478 e. The fourth-order valence-corrected chi connectivity index (χ4v) is 6.54. The fraction of sp³-hybridized carbons (Fsp3) is 0.462. The molecular weight excluding hydrogens is 452 g/mol. The van der Waals surface area contributed by atoms with Crippen LogP contribution in [0, 0.1) is 10.8 Å². The van der Waals surface area contributed by atoms with Gasteiger partial charge in [-0.05, 0) is 72.9 Å². The number of sulfone groups is 1. The summed E-state index contributed by atoms with van der Waals surface area (Å²) in [6.45, 7) is 7.16. The lowest BCUT2D eigenvalue weighted by atomic mass is 9.92. The first kappa shape index (κ1) is 24.3. The van der Waals surface area contributed by atoms with Gasteiger partial charge in [-0.3, -0.25) is 4.79 Å². The van der Waals surface area contributed by atoms with E-state index in [1.165, 1.54) is 37.1 Å². The summed E-state index contributed by atoms with van der Waals surface area (Å²) in [5.74, 6) is -1.45. The number of benzene rings is 2. The van der Waals surface area contributed by atoms with E-state index in [9.17, 15) is 23.1 Å². The van der Waals surface area contributed by atoms with E-state index in [1.54, 1.807) is 18.2 Å². The lowest BCUT2D eigenvalue weighted by Crippen LogP contribution is -2.35.